The molecule has 0 amide bonds. The van der Waals surface area contributed by atoms with Gasteiger partial charge in [0.15, 0.2) is 0 Å². The van der Waals surface area contributed by atoms with Crippen LogP contribution in [0.3, 0.4) is 0 Å². The first-order chi connectivity index (χ1) is 7.75. The van der Waals surface area contributed by atoms with Crippen LogP contribution in [0.15, 0.2) is 0 Å². The maximum Gasteiger partial charge on any atom is 0.0620 e. The van der Waals surface area contributed by atoms with Crippen molar-refractivity contribution < 1.29 is 8.95 Å². The second kappa shape index (κ2) is 6.10. The van der Waals surface area contributed by atoms with E-state index < -0.39 is 10.8 Å². The van der Waals surface area contributed by atoms with Crippen molar-refractivity contribution in [1.82, 2.24) is 10.2 Å². The van der Waals surface area contributed by atoms with Gasteiger partial charge in [0.1, 0.15) is 0 Å². The van der Waals surface area contributed by atoms with Gasteiger partial charge in [0.2, 0.25) is 0 Å². The highest BCUT2D eigenvalue weighted by atomic mass is 32.2. The van der Waals surface area contributed by atoms with E-state index in [9.17, 15) is 4.21 Å². The molecule has 0 aliphatic carbocycles. The Bertz CT molecular complexity index is 234. The molecule has 4 nitrogen and oxygen atoms in total. The van der Waals surface area contributed by atoms with Gasteiger partial charge in [-0.05, 0) is 13.3 Å². The Kier molecular flexibility index (Phi) is 4.76. The molecule has 16 heavy (non-hydrogen) atoms. The highest BCUT2D eigenvalue weighted by molar-refractivity contribution is 7.85. The molecule has 0 aromatic rings. The van der Waals surface area contributed by atoms with Crippen LogP contribution in [0.2, 0.25) is 0 Å². The van der Waals surface area contributed by atoms with E-state index in [2.05, 4.69) is 17.1 Å². The zero-order valence-corrected chi connectivity index (χ0v) is 10.8. The molecule has 2 unspecified atom stereocenters. The van der Waals surface area contributed by atoms with Crippen LogP contribution in [0.4, 0.5) is 0 Å². The fourth-order valence-electron chi connectivity index (χ4n) is 2.42. The summed E-state index contributed by atoms with van der Waals surface area (Å²) in [5.41, 5.74) is 0. The van der Waals surface area contributed by atoms with Crippen LogP contribution in [0, 0.1) is 0 Å². The lowest BCUT2D eigenvalue weighted by Crippen LogP contribution is -2.48. The molecule has 2 aliphatic heterocycles. The van der Waals surface area contributed by atoms with Gasteiger partial charge in [0.25, 0.3) is 0 Å². The average Bonchev–Trinajstić information content (AvgIpc) is 2.31. The minimum absolute atomic E-state index is 0.496. The van der Waals surface area contributed by atoms with Crippen molar-refractivity contribution in [3.05, 3.63) is 0 Å². The van der Waals surface area contributed by atoms with Gasteiger partial charge in [-0.2, -0.15) is 0 Å². The van der Waals surface area contributed by atoms with E-state index in [1.54, 1.807) is 0 Å². The number of hydrogen-bond donors (Lipinski definition) is 1. The van der Waals surface area contributed by atoms with Gasteiger partial charge in [0, 0.05) is 54.0 Å². The van der Waals surface area contributed by atoms with Gasteiger partial charge in [-0.1, -0.05) is 0 Å². The molecule has 0 bridgehead atoms. The van der Waals surface area contributed by atoms with Gasteiger partial charge in [-0.15, -0.1) is 0 Å². The highest BCUT2D eigenvalue weighted by Crippen LogP contribution is 2.11. The van der Waals surface area contributed by atoms with Crippen molar-refractivity contribution in [3.8, 4) is 0 Å². The zero-order chi connectivity index (χ0) is 11.4. The summed E-state index contributed by atoms with van der Waals surface area (Å²) < 4.78 is 16.7. The molecular weight excluding hydrogens is 224 g/mol. The smallest absolute Gasteiger partial charge is 0.0620 e. The zero-order valence-electron chi connectivity index (χ0n) is 9.98. The predicted octanol–water partition coefficient (Wildman–Crippen LogP) is -0.182. The van der Waals surface area contributed by atoms with Crippen molar-refractivity contribution in [2.75, 3.05) is 44.4 Å². The van der Waals surface area contributed by atoms with Gasteiger partial charge in [-0.3, -0.25) is 9.11 Å². The lowest BCUT2D eigenvalue weighted by Gasteiger charge is -2.35. The van der Waals surface area contributed by atoms with Crippen LogP contribution >= 0.6 is 0 Å². The van der Waals surface area contributed by atoms with Crippen molar-refractivity contribution in [2.24, 2.45) is 0 Å². The molecule has 2 aliphatic rings. The fraction of sp³-hybridized carbons (Fsp3) is 1.00. The van der Waals surface area contributed by atoms with E-state index in [4.69, 9.17) is 4.74 Å². The van der Waals surface area contributed by atoms with Crippen LogP contribution in [0.5, 0.6) is 0 Å². The number of morpholine rings is 1. The Morgan fingerprint density at radius 2 is 2.25 bits per heavy atom. The number of ether oxygens (including phenoxy) is 1. The van der Waals surface area contributed by atoms with Crippen molar-refractivity contribution in [3.63, 3.8) is 0 Å². The van der Waals surface area contributed by atoms with Crippen LogP contribution in [-0.4, -0.2) is 65.5 Å². The number of nitrogens with zero attached hydrogens (tertiary/aromatic N) is 1. The van der Waals surface area contributed by atoms with Gasteiger partial charge < -0.3 is 10.1 Å². The third-order valence-electron chi connectivity index (χ3n) is 3.46. The van der Waals surface area contributed by atoms with Crippen molar-refractivity contribution >= 4 is 10.8 Å². The molecule has 2 fully saturated rings. The maximum atomic E-state index is 11.3. The molecule has 0 aromatic heterocycles. The van der Waals surface area contributed by atoms with Crippen LogP contribution < -0.4 is 5.32 Å². The second-order valence-electron chi connectivity index (χ2n) is 4.69. The molecular formula is C11H22N2O2S. The fourth-order valence-corrected chi connectivity index (χ4v) is 3.51. The van der Waals surface area contributed by atoms with Gasteiger partial charge in [0.05, 0.1) is 13.2 Å². The predicted molar refractivity (Wildman–Crippen MR) is 66.1 cm³/mol. The summed E-state index contributed by atoms with van der Waals surface area (Å²) in [6.07, 6.45) is 1.13. The van der Waals surface area contributed by atoms with Crippen LogP contribution in [0.25, 0.3) is 0 Å². The Morgan fingerprint density at radius 1 is 1.50 bits per heavy atom. The molecule has 0 radical (unpaired) electrons. The molecule has 0 spiro atoms. The highest BCUT2D eigenvalue weighted by Gasteiger charge is 2.23. The third-order valence-corrected chi connectivity index (χ3v) is 4.74. The summed E-state index contributed by atoms with van der Waals surface area (Å²) in [7, 11) is -0.566. The molecule has 0 saturated carbocycles. The summed E-state index contributed by atoms with van der Waals surface area (Å²) in [6, 6.07) is 1.06. The van der Waals surface area contributed by atoms with Gasteiger partial charge >= 0.3 is 0 Å². The molecule has 5 heteroatoms. The number of hydrogen-bond acceptors (Lipinski definition) is 4. The summed E-state index contributed by atoms with van der Waals surface area (Å²) in [5.74, 6) is 1.69. The maximum absolute atomic E-state index is 11.3. The quantitative estimate of drug-likeness (QED) is 0.750. The van der Waals surface area contributed by atoms with E-state index >= 15 is 0 Å². The third kappa shape index (κ3) is 3.52. The summed E-state index contributed by atoms with van der Waals surface area (Å²) in [6.45, 7) is 6.90. The topological polar surface area (TPSA) is 41.6 Å². The number of rotatable bonds is 3. The lowest BCUT2D eigenvalue weighted by molar-refractivity contribution is 0.0629. The Morgan fingerprint density at radius 3 is 2.88 bits per heavy atom. The standard InChI is InChI=1S/C11H22N2O2S/c1-10(8-11-9-15-5-2-12-11)13-3-6-16(14)7-4-13/h10-12H,2-9H2,1H3. The Hall–Kier alpha value is 0.0300. The average molecular weight is 246 g/mol. The second-order valence-corrected chi connectivity index (χ2v) is 6.39. The van der Waals surface area contributed by atoms with Crippen LogP contribution in [-0.2, 0) is 15.5 Å². The van der Waals surface area contributed by atoms with Crippen molar-refractivity contribution in [1.29, 1.82) is 0 Å². The van der Waals surface area contributed by atoms with E-state index in [1.807, 2.05) is 0 Å². The monoisotopic (exact) mass is 246 g/mol. The summed E-state index contributed by atoms with van der Waals surface area (Å²) in [4.78, 5) is 2.46. The first kappa shape index (κ1) is 12.5. The molecule has 2 saturated heterocycles. The molecule has 1 N–H and O–H groups in total. The molecule has 2 atom stereocenters. The van der Waals surface area contributed by atoms with E-state index in [0.29, 0.717) is 12.1 Å². The minimum atomic E-state index is -0.566. The minimum Gasteiger partial charge on any atom is -0.379 e. The number of nitrogens with one attached hydrogen (secondary N) is 1. The normalized spacial score (nSPS) is 31.4. The van der Waals surface area contributed by atoms with Crippen LogP contribution in [0.1, 0.15) is 13.3 Å². The molecule has 2 rings (SSSR count). The first-order valence-corrected chi connectivity index (χ1v) is 7.64. The molecule has 2 heterocycles. The van der Waals surface area contributed by atoms with E-state index in [1.165, 1.54) is 0 Å². The largest absolute Gasteiger partial charge is 0.379 e. The Labute approximate surface area is 100 Å². The SMILES string of the molecule is CC(CC1COCCN1)N1CCS(=O)CC1. The molecule has 94 valence electrons. The first-order valence-electron chi connectivity index (χ1n) is 6.16. The lowest BCUT2D eigenvalue weighted by atomic mass is 10.1. The molecule has 0 aromatic carbocycles. The summed E-state index contributed by atoms with van der Waals surface area (Å²) in [5, 5.41) is 3.49. The summed E-state index contributed by atoms with van der Waals surface area (Å²) >= 11 is 0. The van der Waals surface area contributed by atoms with Crippen molar-refractivity contribution in [2.45, 2.75) is 25.4 Å². The van der Waals surface area contributed by atoms with E-state index in [-0.39, 0.29) is 0 Å². The Balaban J connectivity index is 1.73. The van der Waals surface area contributed by atoms with E-state index in [0.717, 1.165) is 50.8 Å². The van der Waals surface area contributed by atoms with Gasteiger partial charge in [-0.25, -0.2) is 0 Å².